The average molecular weight is 248 g/mol. The molecule has 2 unspecified atom stereocenters. The van der Waals surface area contributed by atoms with Crippen molar-refractivity contribution in [3.05, 3.63) is 18.2 Å². The number of hydrogen-bond acceptors (Lipinski definition) is 3. The molecule has 0 spiro atoms. The van der Waals surface area contributed by atoms with Gasteiger partial charge in [0.25, 0.3) is 0 Å². The summed E-state index contributed by atoms with van der Waals surface area (Å²) in [6.45, 7) is 5.09. The Morgan fingerprint density at radius 1 is 1.28 bits per heavy atom. The van der Waals surface area contributed by atoms with Gasteiger partial charge in [-0.1, -0.05) is 20.3 Å². The van der Waals surface area contributed by atoms with E-state index in [4.69, 9.17) is 10.5 Å². The quantitative estimate of drug-likeness (QED) is 0.724. The lowest BCUT2D eigenvalue weighted by molar-refractivity contribution is 0.318. The van der Waals surface area contributed by atoms with Gasteiger partial charge in [-0.15, -0.1) is 0 Å². The minimum atomic E-state index is 0.630. The van der Waals surface area contributed by atoms with Gasteiger partial charge in [-0.05, 0) is 31.2 Å². The topological polar surface area (TPSA) is 47.3 Å². The van der Waals surface area contributed by atoms with Crippen molar-refractivity contribution in [1.82, 2.24) is 0 Å². The summed E-state index contributed by atoms with van der Waals surface area (Å²) in [4.78, 5) is 0. The number of anilines is 2. The zero-order valence-corrected chi connectivity index (χ0v) is 11.4. The molecule has 0 radical (unpaired) electrons. The van der Waals surface area contributed by atoms with Crippen LogP contribution in [0.3, 0.4) is 0 Å². The van der Waals surface area contributed by atoms with Crippen LogP contribution in [0.1, 0.15) is 39.5 Å². The summed E-state index contributed by atoms with van der Waals surface area (Å²) in [5, 5.41) is 3.55. The Morgan fingerprint density at radius 3 is 2.83 bits per heavy atom. The normalized spacial score (nSPS) is 21.7. The molecule has 18 heavy (non-hydrogen) atoms. The van der Waals surface area contributed by atoms with E-state index in [1.54, 1.807) is 0 Å². The van der Waals surface area contributed by atoms with Crippen molar-refractivity contribution in [1.29, 1.82) is 0 Å². The van der Waals surface area contributed by atoms with Crippen molar-refractivity contribution in [3.63, 3.8) is 0 Å². The molecule has 2 rings (SSSR count). The van der Waals surface area contributed by atoms with Crippen molar-refractivity contribution in [3.8, 4) is 5.75 Å². The SMILES string of the molecule is CCCOc1cc(N)cc(NC2CC2CCC)c1. The first-order valence-corrected chi connectivity index (χ1v) is 7.02. The van der Waals surface area contributed by atoms with Gasteiger partial charge in [-0.25, -0.2) is 0 Å². The summed E-state index contributed by atoms with van der Waals surface area (Å²) in [5.41, 5.74) is 7.75. The first-order valence-electron chi connectivity index (χ1n) is 7.02. The molecule has 1 aromatic carbocycles. The van der Waals surface area contributed by atoms with Crippen LogP contribution in [0.5, 0.6) is 5.75 Å². The molecular weight excluding hydrogens is 224 g/mol. The van der Waals surface area contributed by atoms with E-state index in [1.165, 1.54) is 19.3 Å². The van der Waals surface area contributed by atoms with Crippen LogP contribution in [0.2, 0.25) is 0 Å². The van der Waals surface area contributed by atoms with Gasteiger partial charge < -0.3 is 15.8 Å². The predicted molar refractivity (Wildman–Crippen MR) is 77.1 cm³/mol. The molecule has 0 aliphatic heterocycles. The van der Waals surface area contributed by atoms with E-state index >= 15 is 0 Å². The molecule has 2 atom stereocenters. The Kier molecular flexibility index (Phi) is 4.34. The Morgan fingerprint density at radius 2 is 2.11 bits per heavy atom. The first kappa shape index (κ1) is 13.1. The number of nitrogen functional groups attached to an aromatic ring is 1. The lowest BCUT2D eigenvalue weighted by Crippen LogP contribution is -2.05. The zero-order valence-electron chi connectivity index (χ0n) is 11.4. The summed E-state index contributed by atoms with van der Waals surface area (Å²) in [6.07, 6.45) is 4.89. The van der Waals surface area contributed by atoms with Crippen LogP contribution in [-0.2, 0) is 0 Å². The molecule has 1 fully saturated rings. The molecule has 0 amide bonds. The van der Waals surface area contributed by atoms with E-state index < -0.39 is 0 Å². The smallest absolute Gasteiger partial charge is 0.123 e. The third kappa shape index (κ3) is 3.56. The van der Waals surface area contributed by atoms with Gasteiger partial charge in [0.15, 0.2) is 0 Å². The molecule has 3 N–H and O–H groups in total. The van der Waals surface area contributed by atoms with Crippen molar-refractivity contribution >= 4 is 11.4 Å². The predicted octanol–water partition coefficient (Wildman–Crippen LogP) is 3.66. The van der Waals surface area contributed by atoms with Gasteiger partial charge in [-0.2, -0.15) is 0 Å². The van der Waals surface area contributed by atoms with Crippen LogP contribution in [0, 0.1) is 5.92 Å². The molecule has 0 aromatic heterocycles. The van der Waals surface area contributed by atoms with Gasteiger partial charge in [0.2, 0.25) is 0 Å². The van der Waals surface area contributed by atoms with Crippen LogP contribution in [-0.4, -0.2) is 12.6 Å². The number of hydrogen-bond donors (Lipinski definition) is 2. The van der Waals surface area contributed by atoms with Crippen LogP contribution in [0.4, 0.5) is 11.4 Å². The summed E-state index contributed by atoms with van der Waals surface area (Å²) in [5.74, 6) is 1.71. The van der Waals surface area contributed by atoms with Crippen molar-refractivity contribution in [2.75, 3.05) is 17.7 Å². The second-order valence-electron chi connectivity index (χ2n) is 5.17. The Hall–Kier alpha value is -1.38. The van der Waals surface area contributed by atoms with Crippen molar-refractivity contribution < 1.29 is 4.74 Å². The average Bonchev–Trinajstić information content (AvgIpc) is 3.04. The molecular formula is C15H24N2O. The lowest BCUT2D eigenvalue weighted by atomic mass is 10.2. The Bertz CT molecular complexity index is 392. The molecule has 1 saturated carbocycles. The molecule has 0 bridgehead atoms. The van der Waals surface area contributed by atoms with Crippen LogP contribution < -0.4 is 15.8 Å². The fourth-order valence-electron chi connectivity index (χ4n) is 2.34. The molecule has 1 aliphatic carbocycles. The molecule has 3 heteroatoms. The van der Waals surface area contributed by atoms with Gasteiger partial charge in [0.05, 0.1) is 6.61 Å². The molecule has 3 nitrogen and oxygen atoms in total. The van der Waals surface area contributed by atoms with E-state index in [-0.39, 0.29) is 0 Å². The largest absolute Gasteiger partial charge is 0.493 e. The van der Waals surface area contributed by atoms with Gasteiger partial charge >= 0.3 is 0 Å². The third-order valence-electron chi connectivity index (χ3n) is 3.34. The van der Waals surface area contributed by atoms with Gasteiger partial charge in [0, 0.05) is 29.5 Å². The number of ether oxygens (including phenoxy) is 1. The minimum absolute atomic E-state index is 0.630. The number of benzene rings is 1. The van der Waals surface area contributed by atoms with Crippen LogP contribution in [0.15, 0.2) is 18.2 Å². The summed E-state index contributed by atoms with van der Waals surface area (Å²) < 4.78 is 5.63. The molecule has 100 valence electrons. The highest BCUT2D eigenvalue weighted by molar-refractivity contribution is 5.60. The maximum Gasteiger partial charge on any atom is 0.123 e. The molecule has 1 aliphatic rings. The lowest BCUT2D eigenvalue weighted by Gasteiger charge is -2.11. The summed E-state index contributed by atoms with van der Waals surface area (Å²) in [7, 11) is 0. The zero-order chi connectivity index (χ0) is 13.0. The Balaban J connectivity index is 1.93. The minimum Gasteiger partial charge on any atom is -0.493 e. The standard InChI is InChI=1S/C15H24N2O/c1-3-5-11-7-15(11)17-13-8-12(16)9-14(10-13)18-6-4-2/h8-11,15,17H,3-7,16H2,1-2H3. The number of nitrogens with two attached hydrogens (primary N) is 1. The number of rotatable bonds is 7. The second-order valence-corrected chi connectivity index (χ2v) is 5.17. The molecule has 0 heterocycles. The van der Waals surface area contributed by atoms with E-state index in [9.17, 15) is 0 Å². The number of nitrogens with one attached hydrogen (secondary N) is 1. The van der Waals surface area contributed by atoms with E-state index in [0.717, 1.165) is 36.1 Å². The fraction of sp³-hybridized carbons (Fsp3) is 0.600. The highest BCUT2D eigenvalue weighted by Gasteiger charge is 2.35. The van der Waals surface area contributed by atoms with Crippen molar-refractivity contribution in [2.45, 2.75) is 45.6 Å². The second kappa shape index (κ2) is 5.98. The van der Waals surface area contributed by atoms with Crippen LogP contribution >= 0.6 is 0 Å². The van der Waals surface area contributed by atoms with Crippen LogP contribution in [0.25, 0.3) is 0 Å². The van der Waals surface area contributed by atoms with E-state index in [1.807, 2.05) is 18.2 Å². The highest BCUT2D eigenvalue weighted by Crippen LogP contribution is 2.38. The summed E-state index contributed by atoms with van der Waals surface area (Å²) >= 11 is 0. The first-order chi connectivity index (χ1) is 8.72. The summed E-state index contributed by atoms with van der Waals surface area (Å²) in [6, 6.07) is 6.55. The van der Waals surface area contributed by atoms with Gasteiger partial charge in [0.1, 0.15) is 5.75 Å². The molecule has 1 aromatic rings. The highest BCUT2D eigenvalue weighted by atomic mass is 16.5. The maximum atomic E-state index is 5.90. The third-order valence-corrected chi connectivity index (χ3v) is 3.34. The van der Waals surface area contributed by atoms with Gasteiger partial charge in [-0.3, -0.25) is 0 Å². The fourth-order valence-corrected chi connectivity index (χ4v) is 2.34. The Labute approximate surface area is 110 Å². The van der Waals surface area contributed by atoms with E-state index in [0.29, 0.717) is 6.04 Å². The maximum absolute atomic E-state index is 5.90. The molecule has 0 saturated heterocycles. The monoisotopic (exact) mass is 248 g/mol. The van der Waals surface area contributed by atoms with Crippen molar-refractivity contribution in [2.24, 2.45) is 5.92 Å². The van der Waals surface area contributed by atoms with E-state index in [2.05, 4.69) is 19.2 Å².